The minimum absolute atomic E-state index is 0.0729. The quantitative estimate of drug-likeness (QED) is 0.471. The highest BCUT2D eigenvalue weighted by Crippen LogP contribution is 2.44. The summed E-state index contributed by atoms with van der Waals surface area (Å²) in [4.78, 5) is 30.9. The van der Waals surface area contributed by atoms with E-state index >= 15 is 0 Å². The smallest absolute Gasteiger partial charge is 0.274 e. The molecule has 3 aliphatic rings. The molecule has 5 heterocycles. The first-order valence-electron chi connectivity index (χ1n) is 11.7. The normalized spacial score (nSPS) is 25.3. The van der Waals surface area contributed by atoms with Gasteiger partial charge < -0.3 is 30.0 Å². The molecule has 12 heteroatoms. The van der Waals surface area contributed by atoms with E-state index in [0.717, 1.165) is 12.8 Å². The van der Waals surface area contributed by atoms with Crippen LogP contribution in [0.2, 0.25) is 5.02 Å². The number of nitrogens with one attached hydrogen (secondary N) is 3. The molecule has 3 N–H and O–H groups in total. The standard InChI is InChI=1S/C23H26ClN7O4/c1-25-19-6-18(27-17-5-12(24)8-30(23(17)33)13-3-2-4-34-9-13)28-21-14(7-26-31(19)21)22(32)29-20-15-10-35-11-16(15)20/h5-8,13,15-16,20,25H,2-4,9-11H2,1H3,(H,27,28)(H,29,32)/t13-,15-,16+,20+/m0/s1. The molecule has 0 spiro atoms. The number of hydrogen-bond acceptors (Lipinski definition) is 8. The van der Waals surface area contributed by atoms with E-state index in [4.69, 9.17) is 21.1 Å². The zero-order valence-corrected chi connectivity index (χ0v) is 19.9. The van der Waals surface area contributed by atoms with Crippen molar-refractivity contribution in [2.75, 3.05) is 44.1 Å². The minimum Gasteiger partial charge on any atom is -0.381 e. The Morgan fingerprint density at radius 2 is 2.03 bits per heavy atom. The Hall–Kier alpha value is -3.15. The lowest BCUT2D eigenvalue weighted by molar-refractivity contribution is 0.0581. The minimum atomic E-state index is -0.228. The lowest BCUT2D eigenvalue weighted by atomic mass is 10.1. The Labute approximate surface area is 205 Å². The number of pyridine rings is 1. The summed E-state index contributed by atoms with van der Waals surface area (Å²) < 4.78 is 14.1. The molecule has 3 aromatic rings. The third kappa shape index (κ3) is 4.03. The molecule has 2 saturated heterocycles. The summed E-state index contributed by atoms with van der Waals surface area (Å²) in [6, 6.07) is 3.35. The van der Waals surface area contributed by atoms with E-state index in [1.165, 1.54) is 6.20 Å². The van der Waals surface area contributed by atoms with Crippen LogP contribution in [0.4, 0.5) is 17.3 Å². The van der Waals surface area contributed by atoms with Crippen molar-refractivity contribution in [3.63, 3.8) is 0 Å². The van der Waals surface area contributed by atoms with Crippen LogP contribution >= 0.6 is 11.6 Å². The predicted molar refractivity (Wildman–Crippen MR) is 130 cm³/mol. The van der Waals surface area contributed by atoms with Gasteiger partial charge in [0.05, 0.1) is 37.1 Å². The fourth-order valence-corrected chi connectivity index (χ4v) is 5.27. The van der Waals surface area contributed by atoms with Crippen LogP contribution in [0.15, 0.2) is 29.3 Å². The van der Waals surface area contributed by atoms with Crippen molar-refractivity contribution < 1.29 is 14.3 Å². The number of halogens is 1. The topological polar surface area (TPSA) is 124 Å². The molecule has 1 aliphatic carbocycles. The molecule has 0 unspecified atom stereocenters. The molecule has 3 fully saturated rings. The molecule has 35 heavy (non-hydrogen) atoms. The highest BCUT2D eigenvalue weighted by atomic mass is 35.5. The van der Waals surface area contributed by atoms with Gasteiger partial charge in [-0.25, -0.2) is 4.98 Å². The zero-order chi connectivity index (χ0) is 24.1. The summed E-state index contributed by atoms with van der Waals surface area (Å²) in [6.45, 7) is 2.54. The first kappa shape index (κ1) is 22.3. The molecular weight excluding hydrogens is 474 g/mol. The number of fused-ring (bicyclic) bond motifs is 2. The van der Waals surface area contributed by atoms with Gasteiger partial charge in [0.25, 0.3) is 11.5 Å². The number of ether oxygens (including phenoxy) is 2. The third-order valence-corrected chi connectivity index (χ3v) is 7.23. The average Bonchev–Trinajstić information content (AvgIpc) is 3.22. The van der Waals surface area contributed by atoms with Crippen molar-refractivity contribution in [3.05, 3.63) is 45.5 Å². The number of aromatic nitrogens is 4. The van der Waals surface area contributed by atoms with Gasteiger partial charge in [-0.15, -0.1) is 0 Å². The monoisotopic (exact) mass is 499 g/mol. The van der Waals surface area contributed by atoms with Gasteiger partial charge >= 0.3 is 0 Å². The SMILES string of the molecule is CNc1cc(Nc2cc(Cl)cn([C@H]3CCCOC3)c2=O)nc2c(C(=O)N[C@H]3[C@@H]4COC[C@@H]43)cnn12. The fourth-order valence-electron chi connectivity index (χ4n) is 5.06. The van der Waals surface area contributed by atoms with Gasteiger partial charge in [0.15, 0.2) is 5.65 Å². The van der Waals surface area contributed by atoms with Crippen molar-refractivity contribution in [2.24, 2.45) is 11.8 Å². The van der Waals surface area contributed by atoms with E-state index in [9.17, 15) is 9.59 Å². The van der Waals surface area contributed by atoms with Crippen molar-refractivity contribution in [1.29, 1.82) is 0 Å². The van der Waals surface area contributed by atoms with Crippen molar-refractivity contribution >= 4 is 40.5 Å². The van der Waals surface area contributed by atoms with Gasteiger partial charge in [-0.1, -0.05) is 11.6 Å². The maximum Gasteiger partial charge on any atom is 0.274 e. The number of carbonyl (C=O) groups is 1. The number of amides is 1. The molecule has 3 aromatic heterocycles. The first-order valence-corrected chi connectivity index (χ1v) is 12.1. The van der Waals surface area contributed by atoms with Crippen LogP contribution in [0.3, 0.4) is 0 Å². The molecule has 1 saturated carbocycles. The second-order valence-electron chi connectivity index (χ2n) is 9.22. The van der Waals surface area contributed by atoms with Crippen LogP contribution in [0.25, 0.3) is 5.65 Å². The van der Waals surface area contributed by atoms with Crippen LogP contribution in [-0.2, 0) is 9.47 Å². The summed E-state index contributed by atoms with van der Waals surface area (Å²) in [5.41, 5.74) is 0.811. The second-order valence-corrected chi connectivity index (χ2v) is 9.65. The molecule has 0 aromatic carbocycles. The van der Waals surface area contributed by atoms with Crippen LogP contribution in [0, 0.1) is 11.8 Å². The zero-order valence-electron chi connectivity index (χ0n) is 19.2. The summed E-state index contributed by atoms with van der Waals surface area (Å²) in [5, 5.41) is 14.0. The number of carbonyl (C=O) groups excluding carboxylic acids is 1. The molecule has 0 bridgehead atoms. The molecule has 1 amide bonds. The van der Waals surface area contributed by atoms with E-state index in [-0.39, 0.29) is 23.6 Å². The largest absolute Gasteiger partial charge is 0.381 e. The molecular formula is C23H26ClN7O4. The molecule has 6 rings (SSSR count). The van der Waals surface area contributed by atoms with Crippen LogP contribution in [0.1, 0.15) is 29.2 Å². The Balaban J connectivity index is 1.32. The Kier molecular flexibility index (Phi) is 5.62. The Morgan fingerprint density at radius 3 is 2.77 bits per heavy atom. The first-order chi connectivity index (χ1) is 17.0. The van der Waals surface area contributed by atoms with Gasteiger partial charge in [0.1, 0.15) is 22.9 Å². The third-order valence-electron chi connectivity index (χ3n) is 7.02. The summed E-state index contributed by atoms with van der Waals surface area (Å²) in [6.07, 6.45) is 4.88. The maximum absolute atomic E-state index is 13.2. The van der Waals surface area contributed by atoms with E-state index in [2.05, 4.69) is 26.0 Å². The fraction of sp³-hybridized carbons (Fsp3) is 0.478. The molecule has 11 nitrogen and oxygen atoms in total. The summed E-state index contributed by atoms with van der Waals surface area (Å²) in [7, 11) is 1.75. The average molecular weight is 500 g/mol. The summed E-state index contributed by atoms with van der Waals surface area (Å²) >= 11 is 6.36. The number of hydrogen-bond donors (Lipinski definition) is 3. The van der Waals surface area contributed by atoms with Gasteiger partial charge in [-0.2, -0.15) is 9.61 Å². The van der Waals surface area contributed by atoms with E-state index in [1.807, 2.05) is 0 Å². The highest BCUT2D eigenvalue weighted by molar-refractivity contribution is 6.30. The molecule has 0 radical (unpaired) electrons. The molecule has 184 valence electrons. The second kappa shape index (κ2) is 8.81. The maximum atomic E-state index is 13.2. The lowest BCUT2D eigenvalue weighted by Crippen LogP contribution is -2.31. The number of anilines is 3. The van der Waals surface area contributed by atoms with E-state index in [0.29, 0.717) is 71.8 Å². The van der Waals surface area contributed by atoms with Crippen molar-refractivity contribution in [1.82, 2.24) is 24.5 Å². The van der Waals surface area contributed by atoms with Gasteiger partial charge in [-0.3, -0.25) is 9.59 Å². The van der Waals surface area contributed by atoms with Gasteiger partial charge in [0, 0.05) is 43.8 Å². The highest BCUT2D eigenvalue weighted by Gasteiger charge is 2.54. The lowest BCUT2D eigenvalue weighted by Gasteiger charge is -2.25. The van der Waals surface area contributed by atoms with Gasteiger partial charge in [0.2, 0.25) is 0 Å². The Morgan fingerprint density at radius 1 is 1.20 bits per heavy atom. The van der Waals surface area contributed by atoms with Crippen LogP contribution in [-0.4, -0.2) is 64.6 Å². The number of rotatable bonds is 6. The van der Waals surface area contributed by atoms with Crippen molar-refractivity contribution in [3.8, 4) is 0 Å². The van der Waals surface area contributed by atoms with Crippen LogP contribution < -0.4 is 21.5 Å². The predicted octanol–water partition coefficient (Wildman–Crippen LogP) is 2.06. The molecule has 4 atom stereocenters. The molecule has 2 aliphatic heterocycles. The van der Waals surface area contributed by atoms with Crippen molar-refractivity contribution in [2.45, 2.75) is 24.9 Å². The van der Waals surface area contributed by atoms with Gasteiger partial charge in [-0.05, 0) is 18.9 Å². The number of nitrogens with zero attached hydrogens (tertiary/aromatic N) is 4. The Bertz CT molecular complexity index is 1340. The van der Waals surface area contributed by atoms with Crippen LogP contribution in [0.5, 0.6) is 0 Å². The van der Waals surface area contributed by atoms with E-state index in [1.54, 1.807) is 34.5 Å². The van der Waals surface area contributed by atoms with E-state index < -0.39 is 0 Å². The summed E-state index contributed by atoms with van der Waals surface area (Å²) in [5.74, 6) is 1.54.